The predicted molar refractivity (Wildman–Crippen MR) is 76.4 cm³/mol. The quantitative estimate of drug-likeness (QED) is 0.819. The third-order valence-electron chi connectivity index (χ3n) is 3.06. The number of amides is 1. The highest BCUT2D eigenvalue weighted by Crippen LogP contribution is 2.28. The van der Waals surface area contributed by atoms with E-state index in [-0.39, 0.29) is 11.3 Å². The van der Waals surface area contributed by atoms with Gasteiger partial charge in [-0.05, 0) is 19.8 Å². The summed E-state index contributed by atoms with van der Waals surface area (Å²) < 4.78 is 5.25. The normalized spacial score (nSPS) is 11.7. The maximum Gasteiger partial charge on any atom is 0.259 e. The number of hydrogen-bond acceptors (Lipinski definition) is 3. The third-order valence-corrected chi connectivity index (χ3v) is 3.06. The number of aryl methyl sites for hydroxylation is 1. The second kappa shape index (κ2) is 6.22. The molecule has 0 saturated carbocycles. The minimum atomic E-state index is -0.188. The van der Waals surface area contributed by atoms with Crippen LogP contribution in [0.4, 0.5) is 0 Å². The summed E-state index contributed by atoms with van der Waals surface area (Å²) in [5.41, 5.74) is 1.22. The second-order valence-electron chi connectivity index (χ2n) is 6.00. The zero-order valence-electron chi connectivity index (χ0n) is 13.0. The lowest BCUT2D eigenvalue weighted by Gasteiger charge is -2.23. The lowest BCUT2D eigenvalue weighted by Crippen LogP contribution is -2.34. The summed E-state index contributed by atoms with van der Waals surface area (Å²) >= 11 is 0. The Morgan fingerprint density at radius 1 is 1.21 bits per heavy atom. The standard InChI is InChI=1S/C15H26N2O2/c1-7-9-17(10-8-2)14(18)12-11(3)19-16-13(12)15(4,5)6/h7-10H2,1-6H3. The molecule has 0 aliphatic rings. The van der Waals surface area contributed by atoms with Crippen LogP contribution in [0, 0.1) is 6.92 Å². The molecule has 0 saturated heterocycles. The topological polar surface area (TPSA) is 46.3 Å². The van der Waals surface area contributed by atoms with E-state index in [1.807, 2.05) is 32.6 Å². The summed E-state index contributed by atoms with van der Waals surface area (Å²) in [7, 11) is 0. The molecule has 0 N–H and O–H groups in total. The van der Waals surface area contributed by atoms with Gasteiger partial charge in [-0.3, -0.25) is 4.79 Å². The monoisotopic (exact) mass is 266 g/mol. The van der Waals surface area contributed by atoms with Crippen molar-refractivity contribution in [1.29, 1.82) is 0 Å². The fourth-order valence-electron chi connectivity index (χ4n) is 2.15. The van der Waals surface area contributed by atoms with Gasteiger partial charge in [0, 0.05) is 18.5 Å². The highest BCUT2D eigenvalue weighted by molar-refractivity contribution is 5.96. The molecule has 1 rings (SSSR count). The minimum Gasteiger partial charge on any atom is -0.361 e. The van der Waals surface area contributed by atoms with Crippen LogP contribution in [0.15, 0.2) is 4.52 Å². The van der Waals surface area contributed by atoms with Crippen LogP contribution in [0.1, 0.15) is 69.3 Å². The molecule has 4 heteroatoms. The molecule has 0 aromatic carbocycles. The first-order chi connectivity index (χ1) is 8.82. The van der Waals surface area contributed by atoms with Crippen molar-refractivity contribution in [3.63, 3.8) is 0 Å². The number of aromatic nitrogens is 1. The summed E-state index contributed by atoms with van der Waals surface area (Å²) in [5.74, 6) is 0.666. The maximum atomic E-state index is 12.7. The first kappa shape index (κ1) is 15.7. The minimum absolute atomic E-state index is 0.0485. The molecule has 108 valence electrons. The van der Waals surface area contributed by atoms with Gasteiger partial charge >= 0.3 is 0 Å². The van der Waals surface area contributed by atoms with Crippen LogP contribution in [0.5, 0.6) is 0 Å². The molecule has 0 unspecified atom stereocenters. The number of nitrogens with zero attached hydrogens (tertiary/aromatic N) is 2. The van der Waals surface area contributed by atoms with E-state index in [1.54, 1.807) is 0 Å². The summed E-state index contributed by atoms with van der Waals surface area (Å²) in [6.45, 7) is 13.7. The largest absolute Gasteiger partial charge is 0.361 e. The van der Waals surface area contributed by atoms with Crippen LogP contribution in [0.2, 0.25) is 0 Å². The number of rotatable bonds is 5. The first-order valence-corrected chi connectivity index (χ1v) is 7.08. The van der Waals surface area contributed by atoms with Gasteiger partial charge in [-0.15, -0.1) is 0 Å². The van der Waals surface area contributed by atoms with Crippen molar-refractivity contribution in [2.24, 2.45) is 0 Å². The smallest absolute Gasteiger partial charge is 0.259 e. The van der Waals surface area contributed by atoms with Crippen LogP contribution in [-0.4, -0.2) is 29.1 Å². The highest BCUT2D eigenvalue weighted by atomic mass is 16.5. The molecular formula is C15H26N2O2. The van der Waals surface area contributed by atoms with Gasteiger partial charge in [0.2, 0.25) is 0 Å². The Labute approximate surface area is 116 Å². The Hall–Kier alpha value is -1.32. The van der Waals surface area contributed by atoms with Crippen molar-refractivity contribution in [3.8, 4) is 0 Å². The van der Waals surface area contributed by atoms with Crippen LogP contribution < -0.4 is 0 Å². The molecular weight excluding hydrogens is 240 g/mol. The van der Waals surface area contributed by atoms with Gasteiger partial charge in [0.15, 0.2) is 0 Å². The summed E-state index contributed by atoms with van der Waals surface area (Å²) in [6.07, 6.45) is 1.92. The molecule has 0 fully saturated rings. The molecule has 1 amide bonds. The van der Waals surface area contributed by atoms with Crippen LogP contribution >= 0.6 is 0 Å². The van der Waals surface area contributed by atoms with Crippen molar-refractivity contribution in [2.45, 2.75) is 59.8 Å². The fraction of sp³-hybridized carbons (Fsp3) is 0.733. The average Bonchev–Trinajstić information content (AvgIpc) is 2.69. The summed E-state index contributed by atoms with van der Waals surface area (Å²) in [5, 5.41) is 4.09. The van der Waals surface area contributed by atoms with Gasteiger partial charge in [0.05, 0.1) is 0 Å². The van der Waals surface area contributed by atoms with E-state index in [1.165, 1.54) is 0 Å². The third kappa shape index (κ3) is 3.58. The first-order valence-electron chi connectivity index (χ1n) is 7.08. The average molecular weight is 266 g/mol. The fourth-order valence-corrected chi connectivity index (χ4v) is 2.15. The molecule has 0 bridgehead atoms. The van der Waals surface area contributed by atoms with Gasteiger partial charge in [-0.25, -0.2) is 0 Å². The van der Waals surface area contributed by atoms with Crippen molar-refractivity contribution in [2.75, 3.05) is 13.1 Å². The van der Waals surface area contributed by atoms with Crippen molar-refractivity contribution < 1.29 is 9.32 Å². The van der Waals surface area contributed by atoms with E-state index in [2.05, 4.69) is 19.0 Å². The van der Waals surface area contributed by atoms with Gasteiger partial charge in [0.25, 0.3) is 5.91 Å². The molecule has 0 aliphatic carbocycles. The van der Waals surface area contributed by atoms with Crippen LogP contribution in [-0.2, 0) is 5.41 Å². The van der Waals surface area contributed by atoms with Crippen molar-refractivity contribution in [3.05, 3.63) is 17.0 Å². The lowest BCUT2D eigenvalue weighted by molar-refractivity contribution is 0.0751. The SMILES string of the molecule is CCCN(CCC)C(=O)c1c(C(C)(C)C)noc1C. The van der Waals surface area contributed by atoms with Gasteiger partial charge < -0.3 is 9.42 Å². The van der Waals surface area contributed by atoms with Crippen molar-refractivity contribution in [1.82, 2.24) is 10.1 Å². The van der Waals surface area contributed by atoms with E-state index in [0.29, 0.717) is 11.3 Å². The molecule has 0 spiro atoms. The second-order valence-corrected chi connectivity index (χ2v) is 6.00. The molecule has 0 aliphatic heterocycles. The number of carbonyl (C=O) groups excluding carboxylic acids is 1. The van der Waals surface area contributed by atoms with Crippen molar-refractivity contribution >= 4 is 5.91 Å². The Bertz CT molecular complexity index is 424. The molecule has 4 nitrogen and oxygen atoms in total. The highest BCUT2D eigenvalue weighted by Gasteiger charge is 2.30. The molecule has 1 aromatic rings. The molecule has 19 heavy (non-hydrogen) atoms. The molecule has 0 radical (unpaired) electrons. The zero-order valence-corrected chi connectivity index (χ0v) is 13.0. The Morgan fingerprint density at radius 3 is 2.16 bits per heavy atom. The summed E-state index contributed by atoms with van der Waals surface area (Å²) in [6, 6.07) is 0. The van der Waals surface area contributed by atoms with E-state index in [9.17, 15) is 4.79 Å². The van der Waals surface area contributed by atoms with Crippen LogP contribution in [0.3, 0.4) is 0 Å². The molecule has 1 heterocycles. The number of hydrogen-bond donors (Lipinski definition) is 0. The maximum absolute atomic E-state index is 12.7. The number of carbonyl (C=O) groups is 1. The van der Waals surface area contributed by atoms with Gasteiger partial charge in [-0.1, -0.05) is 39.8 Å². The van der Waals surface area contributed by atoms with E-state index >= 15 is 0 Å². The van der Waals surface area contributed by atoms with Gasteiger partial charge in [0.1, 0.15) is 17.0 Å². The Kier molecular flexibility index (Phi) is 5.15. The lowest BCUT2D eigenvalue weighted by atomic mass is 9.88. The molecule has 1 aromatic heterocycles. The van der Waals surface area contributed by atoms with E-state index in [4.69, 9.17) is 4.52 Å². The van der Waals surface area contributed by atoms with Crippen LogP contribution in [0.25, 0.3) is 0 Å². The molecule has 0 atom stereocenters. The predicted octanol–water partition coefficient (Wildman–Crippen LogP) is 3.54. The summed E-state index contributed by atoms with van der Waals surface area (Å²) in [4.78, 5) is 14.6. The Balaban J connectivity index is 3.13. The zero-order chi connectivity index (χ0) is 14.6. The van der Waals surface area contributed by atoms with E-state index < -0.39 is 0 Å². The van der Waals surface area contributed by atoms with Gasteiger partial charge in [-0.2, -0.15) is 0 Å². The Morgan fingerprint density at radius 2 is 1.74 bits per heavy atom. The van der Waals surface area contributed by atoms with E-state index in [0.717, 1.165) is 31.6 Å².